The number of hydrogen-bond donors (Lipinski definition) is 0. The van der Waals surface area contributed by atoms with Crippen molar-refractivity contribution in [1.29, 1.82) is 0 Å². The Morgan fingerprint density at radius 2 is 0.542 bits per heavy atom. The Hall–Kier alpha value is -6.98. The molecule has 0 amide bonds. The van der Waals surface area contributed by atoms with Crippen molar-refractivity contribution in [2.24, 2.45) is 0 Å². The molecular formula is C55H40N2S2. The second-order valence-corrected chi connectivity index (χ2v) is 16.7. The number of para-hydroxylation sites is 4. The highest BCUT2D eigenvalue weighted by Crippen LogP contribution is 2.55. The SMILES string of the molecule is Cc1ccc(-c2sc3c(-c4ccc(N(c5ccccc5)c5ccccc5)cc4)c(-c4ccccc4)sc3c2-c2ccc(N(c3ccccc3)c3ccccc3)cc2)cc1. The maximum atomic E-state index is 2.32. The molecule has 2 heterocycles. The first-order valence-electron chi connectivity index (χ1n) is 19.9. The summed E-state index contributed by atoms with van der Waals surface area (Å²) >= 11 is 3.82. The predicted octanol–water partition coefficient (Wildman–Crippen LogP) is 16.9. The molecule has 0 saturated heterocycles. The van der Waals surface area contributed by atoms with E-state index in [1.807, 2.05) is 22.7 Å². The van der Waals surface area contributed by atoms with Gasteiger partial charge in [0.2, 0.25) is 0 Å². The maximum Gasteiger partial charge on any atom is 0.0548 e. The third kappa shape index (κ3) is 7.14. The number of rotatable bonds is 10. The van der Waals surface area contributed by atoms with Gasteiger partial charge in [-0.15, -0.1) is 22.7 Å². The summed E-state index contributed by atoms with van der Waals surface area (Å²) in [6, 6.07) is 80.7. The van der Waals surface area contributed by atoms with Crippen LogP contribution < -0.4 is 9.80 Å². The van der Waals surface area contributed by atoms with Crippen LogP contribution in [0.1, 0.15) is 5.56 Å². The van der Waals surface area contributed by atoms with E-state index in [0.29, 0.717) is 0 Å². The molecule has 10 aromatic rings. The standard InChI is InChI=1S/C55H40N2S2/c1-39-27-29-43(30-28-39)53-51(41-33-37-49(38-34-41)57(46-23-13-5-14-24-46)47-25-15-6-16-26-47)55-54(59-53)50(52(58-55)42-17-7-2-8-18-42)40-31-35-48(36-32-40)56(44-19-9-3-10-20-44)45-21-11-4-12-22-45/h2-38H,1H3. The number of fused-ring (bicyclic) bond motifs is 1. The quantitative estimate of drug-likeness (QED) is 0.136. The Balaban J connectivity index is 1.14. The van der Waals surface area contributed by atoms with Gasteiger partial charge < -0.3 is 9.80 Å². The predicted molar refractivity (Wildman–Crippen MR) is 256 cm³/mol. The van der Waals surface area contributed by atoms with E-state index in [4.69, 9.17) is 0 Å². The minimum Gasteiger partial charge on any atom is -0.311 e. The highest BCUT2D eigenvalue weighted by molar-refractivity contribution is 7.33. The smallest absolute Gasteiger partial charge is 0.0548 e. The third-order valence-electron chi connectivity index (χ3n) is 10.8. The number of benzene rings is 8. The Labute approximate surface area is 354 Å². The molecular weight excluding hydrogens is 753 g/mol. The monoisotopic (exact) mass is 792 g/mol. The molecule has 0 radical (unpaired) electrons. The molecule has 0 N–H and O–H groups in total. The van der Waals surface area contributed by atoms with Crippen molar-refractivity contribution in [1.82, 2.24) is 0 Å². The van der Waals surface area contributed by atoms with Gasteiger partial charge in [-0.3, -0.25) is 0 Å². The topological polar surface area (TPSA) is 6.48 Å². The molecule has 0 bridgehead atoms. The van der Waals surface area contributed by atoms with Crippen molar-refractivity contribution in [3.63, 3.8) is 0 Å². The fourth-order valence-corrected chi connectivity index (χ4v) is 10.9. The van der Waals surface area contributed by atoms with Gasteiger partial charge in [-0.1, -0.05) is 157 Å². The molecule has 282 valence electrons. The van der Waals surface area contributed by atoms with E-state index in [9.17, 15) is 0 Å². The van der Waals surface area contributed by atoms with Crippen LogP contribution in [0.25, 0.3) is 52.5 Å². The van der Waals surface area contributed by atoms with Gasteiger partial charge in [0.05, 0.1) is 9.40 Å². The van der Waals surface area contributed by atoms with Crippen molar-refractivity contribution in [3.8, 4) is 43.1 Å². The Morgan fingerprint density at radius 3 is 0.881 bits per heavy atom. The van der Waals surface area contributed by atoms with Crippen LogP contribution in [0, 0.1) is 6.92 Å². The van der Waals surface area contributed by atoms with E-state index in [1.165, 1.54) is 58.1 Å². The number of anilines is 6. The molecule has 0 unspecified atom stereocenters. The summed E-state index contributed by atoms with van der Waals surface area (Å²) in [6.45, 7) is 2.16. The average Bonchev–Trinajstić information content (AvgIpc) is 3.86. The molecule has 0 spiro atoms. The van der Waals surface area contributed by atoms with Crippen molar-refractivity contribution in [2.45, 2.75) is 6.92 Å². The summed E-state index contributed by atoms with van der Waals surface area (Å²) < 4.78 is 2.63. The second-order valence-electron chi connectivity index (χ2n) is 14.6. The Kier molecular flexibility index (Phi) is 9.93. The van der Waals surface area contributed by atoms with Gasteiger partial charge in [0, 0.05) is 55.0 Å². The number of aryl methyl sites for hydroxylation is 1. The van der Waals surface area contributed by atoms with E-state index in [1.54, 1.807) is 0 Å². The van der Waals surface area contributed by atoms with Crippen molar-refractivity contribution >= 4 is 66.2 Å². The van der Waals surface area contributed by atoms with Gasteiger partial charge in [0.1, 0.15) is 0 Å². The summed E-state index contributed by atoms with van der Waals surface area (Å²) in [5.41, 5.74) is 15.5. The van der Waals surface area contributed by atoms with E-state index in [0.717, 1.165) is 34.1 Å². The summed E-state index contributed by atoms with van der Waals surface area (Å²) in [5.74, 6) is 0. The van der Waals surface area contributed by atoms with Crippen LogP contribution in [-0.4, -0.2) is 0 Å². The van der Waals surface area contributed by atoms with E-state index >= 15 is 0 Å². The lowest BCUT2D eigenvalue weighted by molar-refractivity contribution is 1.28. The molecule has 2 nitrogen and oxygen atoms in total. The molecule has 0 saturated carbocycles. The first kappa shape index (κ1) is 36.4. The minimum atomic E-state index is 1.12. The Morgan fingerprint density at radius 1 is 0.271 bits per heavy atom. The van der Waals surface area contributed by atoms with Crippen molar-refractivity contribution < 1.29 is 0 Å². The van der Waals surface area contributed by atoms with E-state index < -0.39 is 0 Å². The number of hydrogen-bond acceptors (Lipinski definition) is 4. The van der Waals surface area contributed by atoms with Crippen LogP contribution in [0.4, 0.5) is 34.1 Å². The third-order valence-corrected chi connectivity index (χ3v) is 13.4. The normalized spacial score (nSPS) is 11.1. The number of nitrogens with zero attached hydrogens (tertiary/aromatic N) is 2. The molecule has 10 rings (SSSR count). The largest absolute Gasteiger partial charge is 0.311 e. The van der Waals surface area contributed by atoms with Gasteiger partial charge in [0.25, 0.3) is 0 Å². The zero-order chi connectivity index (χ0) is 39.5. The molecule has 0 aliphatic carbocycles. The van der Waals surface area contributed by atoms with Crippen LogP contribution in [0.5, 0.6) is 0 Å². The van der Waals surface area contributed by atoms with Crippen LogP contribution in [-0.2, 0) is 0 Å². The lowest BCUT2D eigenvalue weighted by Gasteiger charge is -2.25. The van der Waals surface area contributed by atoms with Gasteiger partial charge in [-0.25, -0.2) is 0 Å². The lowest BCUT2D eigenvalue weighted by Crippen LogP contribution is -2.09. The van der Waals surface area contributed by atoms with Crippen LogP contribution >= 0.6 is 22.7 Å². The maximum absolute atomic E-state index is 2.32. The van der Waals surface area contributed by atoms with Crippen LogP contribution in [0.15, 0.2) is 224 Å². The Bertz CT molecular complexity index is 2860. The molecule has 59 heavy (non-hydrogen) atoms. The van der Waals surface area contributed by atoms with Gasteiger partial charge in [-0.2, -0.15) is 0 Å². The van der Waals surface area contributed by atoms with Crippen molar-refractivity contribution in [2.75, 3.05) is 9.80 Å². The lowest BCUT2D eigenvalue weighted by atomic mass is 9.99. The molecule has 4 heteroatoms. The fraction of sp³-hybridized carbons (Fsp3) is 0.0182. The minimum absolute atomic E-state index is 1.12. The second kappa shape index (κ2) is 16.1. The number of thiophene rings is 2. The first-order chi connectivity index (χ1) is 29.2. The fourth-order valence-electron chi connectivity index (χ4n) is 7.92. The van der Waals surface area contributed by atoms with Gasteiger partial charge in [-0.05, 0) is 102 Å². The molecule has 0 aliphatic rings. The van der Waals surface area contributed by atoms with Crippen molar-refractivity contribution in [3.05, 3.63) is 230 Å². The first-order valence-corrected chi connectivity index (χ1v) is 21.6. The summed E-state index contributed by atoms with van der Waals surface area (Å²) in [5, 5.41) is 0. The molecule has 0 fully saturated rings. The van der Waals surface area contributed by atoms with Crippen LogP contribution in [0.2, 0.25) is 0 Å². The summed E-state index contributed by atoms with van der Waals surface area (Å²) in [4.78, 5) is 7.23. The molecule has 8 aromatic carbocycles. The van der Waals surface area contributed by atoms with E-state index in [2.05, 4.69) is 241 Å². The van der Waals surface area contributed by atoms with Gasteiger partial charge in [0.15, 0.2) is 0 Å². The van der Waals surface area contributed by atoms with Gasteiger partial charge >= 0.3 is 0 Å². The zero-order valence-corrected chi connectivity index (χ0v) is 34.2. The molecule has 0 aliphatic heterocycles. The summed E-state index contributed by atoms with van der Waals surface area (Å²) in [6.07, 6.45) is 0. The molecule has 0 atom stereocenters. The zero-order valence-electron chi connectivity index (χ0n) is 32.6. The van der Waals surface area contributed by atoms with Crippen LogP contribution in [0.3, 0.4) is 0 Å². The highest BCUT2D eigenvalue weighted by atomic mass is 32.1. The average molecular weight is 793 g/mol. The van der Waals surface area contributed by atoms with E-state index in [-0.39, 0.29) is 0 Å². The summed E-state index contributed by atoms with van der Waals surface area (Å²) in [7, 11) is 0. The highest BCUT2D eigenvalue weighted by Gasteiger charge is 2.25. The molecule has 2 aromatic heterocycles.